The van der Waals surface area contributed by atoms with Crippen LogP contribution in [0.3, 0.4) is 0 Å². The van der Waals surface area contributed by atoms with Crippen molar-refractivity contribution >= 4 is 52.5 Å². The van der Waals surface area contributed by atoms with Crippen LogP contribution in [0.2, 0.25) is 10.0 Å². The fourth-order valence-corrected chi connectivity index (χ4v) is 3.12. The number of carbonyl (C=O) groups is 2. The smallest absolute Gasteiger partial charge is 0.272 e. The van der Waals surface area contributed by atoms with Crippen LogP contribution in [0.25, 0.3) is 6.08 Å². The van der Waals surface area contributed by atoms with Gasteiger partial charge in [-0.3, -0.25) is 19.7 Å². The standard InChI is InChI=1S/C22H14Cl2FN3O4/c23-14-8-9-19(17(24)12-14)26-22(30)20(11-13-4-3-5-15(10-13)28(31)32)27-21(29)16-6-1-2-7-18(16)25/h1-12H,(H,26,30)(H,27,29)/b20-11-. The summed E-state index contributed by atoms with van der Waals surface area (Å²) in [5, 5.41) is 16.4. The highest BCUT2D eigenvalue weighted by Gasteiger charge is 2.18. The number of nitrogens with one attached hydrogen (secondary N) is 2. The molecule has 10 heteroatoms. The number of nitrogens with zero attached hydrogens (tertiary/aromatic N) is 1. The highest BCUT2D eigenvalue weighted by atomic mass is 35.5. The third kappa shape index (κ3) is 5.69. The van der Waals surface area contributed by atoms with Gasteiger partial charge in [0, 0.05) is 17.2 Å². The van der Waals surface area contributed by atoms with Gasteiger partial charge in [-0.05, 0) is 42.0 Å². The van der Waals surface area contributed by atoms with Gasteiger partial charge in [0.15, 0.2) is 0 Å². The Balaban J connectivity index is 1.97. The van der Waals surface area contributed by atoms with Crippen molar-refractivity contribution < 1.29 is 18.9 Å². The third-order valence-corrected chi connectivity index (χ3v) is 4.73. The number of hydrogen-bond acceptors (Lipinski definition) is 4. The first-order chi connectivity index (χ1) is 15.2. The van der Waals surface area contributed by atoms with Crippen molar-refractivity contribution in [2.24, 2.45) is 0 Å². The van der Waals surface area contributed by atoms with E-state index in [1.165, 1.54) is 66.7 Å². The first kappa shape index (κ1) is 22.9. The Labute approximate surface area is 191 Å². The lowest BCUT2D eigenvalue weighted by atomic mass is 10.1. The minimum Gasteiger partial charge on any atom is -0.319 e. The summed E-state index contributed by atoms with van der Waals surface area (Å²) in [6, 6.07) is 15.1. The molecule has 0 atom stereocenters. The zero-order chi connectivity index (χ0) is 23.3. The van der Waals surface area contributed by atoms with Gasteiger partial charge >= 0.3 is 0 Å². The van der Waals surface area contributed by atoms with Crippen LogP contribution in [0.15, 0.2) is 72.4 Å². The quantitative estimate of drug-likeness (QED) is 0.282. The molecular formula is C22H14Cl2FN3O4. The van der Waals surface area contributed by atoms with Crippen molar-refractivity contribution in [3.63, 3.8) is 0 Å². The molecule has 3 rings (SSSR count). The summed E-state index contributed by atoms with van der Waals surface area (Å²) < 4.78 is 14.0. The molecule has 0 fully saturated rings. The fraction of sp³-hybridized carbons (Fsp3) is 0. The van der Waals surface area contributed by atoms with Crippen LogP contribution < -0.4 is 10.6 Å². The van der Waals surface area contributed by atoms with Crippen molar-refractivity contribution in [2.45, 2.75) is 0 Å². The largest absolute Gasteiger partial charge is 0.319 e. The molecule has 0 aliphatic carbocycles. The zero-order valence-electron chi connectivity index (χ0n) is 16.1. The van der Waals surface area contributed by atoms with Crippen molar-refractivity contribution in [2.75, 3.05) is 5.32 Å². The summed E-state index contributed by atoms with van der Waals surface area (Å²) in [5.41, 5.74) is -0.300. The second kappa shape index (κ2) is 10.0. The van der Waals surface area contributed by atoms with E-state index < -0.39 is 22.6 Å². The van der Waals surface area contributed by atoms with Crippen LogP contribution >= 0.6 is 23.2 Å². The van der Waals surface area contributed by atoms with Gasteiger partial charge in [-0.1, -0.05) is 47.5 Å². The highest BCUT2D eigenvalue weighted by Crippen LogP contribution is 2.26. The van der Waals surface area contributed by atoms with Crippen LogP contribution in [-0.4, -0.2) is 16.7 Å². The van der Waals surface area contributed by atoms with Gasteiger partial charge in [0.25, 0.3) is 17.5 Å². The van der Waals surface area contributed by atoms with E-state index in [0.29, 0.717) is 5.02 Å². The number of rotatable bonds is 6. The summed E-state index contributed by atoms with van der Waals surface area (Å²) in [6.45, 7) is 0. The van der Waals surface area contributed by atoms with Crippen molar-refractivity contribution in [1.29, 1.82) is 0 Å². The molecule has 0 radical (unpaired) electrons. The molecule has 162 valence electrons. The molecule has 2 amide bonds. The van der Waals surface area contributed by atoms with Crippen LogP contribution in [0.4, 0.5) is 15.8 Å². The lowest BCUT2D eigenvalue weighted by Gasteiger charge is -2.12. The van der Waals surface area contributed by atoms with E-state index in [4.69, 9.17) is 23.2 Å². The minimum atomic E-state index is -0.878. The molecule has 0 aliphatic heterocycles. The van der Waals surface area contributed by atoms with Crippen LogP contribution in [0, 0.1) is 15.9 Å². The molecule has 3 aromatic rings. The van der Waals surface area contributed by atoms with Gasteiger partial charge < -0.3 is 10.6 Å². The number of carbonyl (C=O) groups excluding carboxylic acids is 2. The molecule has 0 saturated heterocycles. The van der Waals surface area contributed by atoms with E-state index >= 15 is 0 Å². The number of benzene rings is 3. The molecule has 32 heavy (non-hydrogen) atoms. The summed E-state index contributed by atoms with van der Waals surface area (Å²) >= 11 is 11.9. The molecule has 0 heterocycles. The number of amides is 2. The number of non-ortho nitro benzene ring substituents is 1. The van der Waals surface area contributed by atoms with Gasteiger partial charge in [-0.15, -0.1) is 0 Å². The molecule has 0 spiro atoms. The maximum atomic E-state index is 14.0. The number of anilines is 1. The van der Waals surface area contributed by atoms with E-state index in [1.54, 1.807) is 0 Å². The van der Waals surface area contributed by atoms with E-state index in [-0.39, 0.29) is 33.2 Å². The Morgan fingerprint density at radius 3 is 2.44 bits per heavy atom. The molecule has 0 saturated carbocycles. The highest BCUT2D eigenvalue weighted by molar-refractivity contribution is 6.36. The molecular weight excluding hydrogens is 460 g/mol. The molecule has 0 aliphatic rings. The lowest BCUT2D eigenvalue weighted by molar-refractivity contribution is -0.384. The van der Waals surface area contributed by atoms with E-state index in [9.17, 15) is 24.1 Å². The summed E-state index contributed by atoms with van der Waals surface area (Å²) in [5.74, 6) is -2.44. The topological polar surface area (TPSA) is 101 Å². The SMILES string of the molecule is O=C(Nc1ccc(Cl)cc1Cl)/C(=C/c1cccc([N+](=O)[O-])c1)NC(=O)c1ccccc1F. The van der Waals surface area contributed by atoms with Crippen LogP contribution in [0.1, 0.15) is 15.9 Å². The Morgan fingerprint density at radius 2 is 1.75 bits per heavy atom. The number of hydrogen-bond donors (Lipinski definition) is 2. The van der Waals surface area contributed by atoms with E-state index in [0.717, 1.165) is 6.07 Å². The summed E-state index contributed by atoms with van der Waals surface area (Å²) in [7, 11) is 0. The maximum absolute atomic E-state index is 14.0. The lowest BCUT2D eigenvalue weighted by Crippen LogP contribution is -2.31. The van der Waals surface area contributed by atoms with Gasteiger partial charge in [0.05, 0.1) is 21.2 Å². The fourth-order valence-electron chi connectivity index (χ4n) is 2.67. The molecule has 3 aromatic carbocycles. The van der Waals surface area contributed by atoms with Gasteiger partial charge in [-0.2, -0.15) is 0 Å². The molecule has 0 unspecified atom stereocenters. The monoisotopic (exact) mass is 473 g/mol. The Morgan fingerprint density at radius 1 is 1.00 bits per heavy atom. The van der Waals surface area contributed by atoms with Gasteiger partial charge in [-0.25, -0.2) is 4.39 Å². The first-order valence-electron chi connectivity index (χ1n) is 9.03. The van der Waals surface area contributed by atoms with Gasteiger partial charge in [0.1, 0.15) is 11.5 Å². The second-order valence-corrected chi connectivity index (χ2v) is 7.27. The zero-order valence-corrected chi connectivity index (χ0v) is 17.7. The normalized spacial score (nSPS) is 11.0. The van der Waals surface area contributed by atoms with Gasteiger partial charge in [0.2, 0.25) is 0 Å². The average molecular weight is 474 g/mol. The average Bonchev–Trinajstić information content (AvgIpc) is 2.75. The Bertz CT molecular complexity index is 1250. The number of halogens is 3. The molecule has 2 N–H and O–H groups in total. The molecule has 0 aromatic heterocycles. The minimum absolute atomic E-state index is 0.154. The third-order valence-electron chi connectivity index (χ3n) is 4.18. The van der Waals surface area contributed by atoms with E-state index in [1.807, 2.05) is 0 Å². The second-order valence-electron chi connectivity index (χ2n) is 6.42. The van der Waals surface area contributed by atoms with Crippen molar-refractivity contribution in [1.82, 2.24) is 5.32 Å². The molecule has 0 bridgehead atoms. The predicted octanol–water partition coefficient (Wildman–Crippen LogP) is 5.45. The maximum Gasteiger partial charge on any atom is 0.272 e. The number of nitro benzene ring substituents is 1. The van der Waals surface area contributed by atoms with Crippen molar-refractivity contribution in [3.05, 3.63) is 110 Å². The first-order valence-corrected chi connectivity index (χ1v) is 9.78. The van der Waals surface area contributed by atoms with Crippen LogP contribution in [-0.2, 0) is 4.79 Å². The Kier molecular flexibility index (Phi) is 7.19. The van der Waals surface area contributed by atoms with Crippen LogP contribution in [0.5, 0.6) is 0 Å². The summed E-state index contributed by atoms with van der Waals surface area (Å²) in [6.07, 6.45) is 1.23. The summed E-state index contributed by atoms with van der Waals surface area (Å²) in [4.78, 5) is 36.0. The Hall–Kier alpha value is -3.75. The van der Waals surface area contributed by atoms with Crippen molar-refractivity contribution in [3.8, 4) is 0 Å². The molecule has 7 nitrogen and oxygen atoms in total. The number of nitro groups is 1. The van der Waals surface area contributed by atoms with E-state index in [2.05, 4.69) is 10.6 Å². The predicted molar refractivity (Wildman–Crippen MR) is 120 cm³/mol.